The molecule has 0 bridgehead atoms. The van der Waals surface area contributed by atoms with E-state index in [1.54, 1.807) is 0 Å². The standard InChI is InChI=1S/C30H33F/c1-3-5-7-22-9-11-23(12-10-22)24-13-15-25(16-14-24)27-19-20-29-28(21-27)18-17-26(30(29)31)8-6-4-2/h3-4,13-23H,1-2,5-12H2. The van der Waals surface area contributed by atoms with Gasteiger partial charge in [0.15, 0.2) is 0 Å². The summed E-state index contributed by atoms with van der Waals surface area (Å²) in [6, 6.07) is 19.1. The van der Waals surface area contributed by atoms with Gasteiger partial charge < -0.3 is 0 Å². The molecule has 0 nitrogen and oxygen atoms in total. The lowest BCUT2D eigenvalue weighted by Gasteiger charge is -2.28. The molecule has 0 aliphatic heterocycles. The predicted octanol–water partition coefficient (Wildman–Crippen LogP) is 9.00. The van der Waals surface area contributed by atoms with Crippen molar-refractivity contribution in [1.29, 1.82) is 0 Å². The molecule has 1 saturated carbocycles. The van der Waals surface area contributed by atoms with Crippen LogP contribution in [0.5, 0.6) is 0 Å². The Hall–Kier alpha value is -2.67. The topological polar surface area (TPSA) is 0 Å². The fourth-order valence-corrected chi connectivity index (χ4v) is 5.05. The second kappa shape index (κ2) is 10.1. The lowest BCUT2D eigenvalue weighted by molar-refractivity contribution is 0.312. The highest BCUT2D eigenvalue weighted by Crippen LogP contribution is 2.38. The maximum atomic E-state index is 14.8. The van der Waals surface area contributed by atoms with Crippen molar-refractivity contribution in [2.75, 3.05) is 0 Å². The molecule has 0 saturated heterocycles. The lowest BCUT2D eigenvalue weighted by Crippen LogP contribution is -2.13. The fraction of sp³-hybridized carbons (Fsp3) is 0.333. The van der Waals surface area contributed by atoms with Crippen LogP contribution in [0.15, 0.2) is 79.9 Å². The molecule has 0 N–H and O–H groups in total. The Morgan fingerprint density at radius 2 is 1.52 bits per heavy atom. The number of benzene rings is 3. The van der Waals surface area contributed by atoms with Crippen LogP contribution in [0.3, 0.4) is 0 Å². The van der Waals surface area contributed by atoms with Gasteiger partial charge in [-0.3, -0.25) is 0 Å². The minimum atomic E-state index is -0.0926. The number of fused-ring (bicyclic) bond motifs is 1. The van der Waals surface area contributed by atoms with E-state index in [0.29, 0.717) is 17.7 Å². The van der Waals surface area contributed by atoms with E-state index in [1.165, 1.54) is 43.2 Å². The molecule has 1 aliphatic rings. The second-order valence-electron chi connectivity index (χ2n) is 9.01. The summed E-state index contributed by atoms with van der Waals surface area (Å²) in [7, 11) is 0. The highest BCUT2D eigenvalue weighted by atomic mass is 19.1. The van der Waals surface area contributed by atoms with Crippen LogP contribution in [-0.2, 0) is 6.42 Å². The van der Waals surface area contributed by atoms with Gasteiger partial charge in [-0.1, -0.05) is 60.7 Å². The molecule has 3 aromatic rings. The van der Waals surface area contributed by atoms with Crippen molar-refractivity contribution in [3.63, 3.8) is 0 Å². The molecule has 0 heterocycles. The summed E-state index contributed by atoms with van der Waals surface area (Å²) in [5, 5.41) is 1.66. The molecule has 160 valence electrons. The zero-order chi connectivity index (χ0) is 21.6. The third-order valence-electron chi connectivity index (χ3n) is 6.99. The van der Waals surface area contributed by atoms with E-state index in [1.807, 2.05) is 36.4 Å². The molecule has 1 fully saturated rings. The Balaban J connectivity index is 1.47. The molecule has 1 aliphatic carbocycles. The summed E-state index contributed by atoms with van der Waals surface area (Å²) >= 11 is 0. The van der Waals surface area contributed by atoms with Crippen molar-refractivity contribution < 1.29 is 4.39 Å². The van der Waals surface area contributed by atoms with E-state index in [0.717, 1.165) is 35.3 Å². The van der Waals surface area contributed by atoms with Gasteiger partial charge in [0.05, 0.1) is 0 Å². The first-order valence-electron chi connectivity index (χ1n) is 11.7. The highest BCUT2D eigenvalue weighted by Gasteiger charge is 2.21. The van der Waals surface area contributed by atoms with E-state index in [4.69, 9.17) is 0 Å². The van der Waals surface area contributed by atoms with Crippen LogP contribution in [0.1, 0.15) is 62.0 Å². The summed E-state index contributed by atoms with van der Waals surface area (Å²) < 4.78 is 14.8. The average molecular weight is 413 g/mol. The van der Waals surface area contributed by atoms with Gasteiger partial charge >= 0.3 is 0 Å². The Labute approximate surface area is 186 Å². The maximum absolute atomic E-state index is 14.8. The molecule has 0 amide bonds. The van der Waals surface area contributed by atoms with Crippen LogP contribution < -0.4 is 0 Å². The van der Waals surface area contributed by atoms with Gasteiger partial charge in [0.1, 0.15) is 5.82 Å². The molecule has 3 aromatic carbocycles. The van der Waals surface area contributed by atoms with Crippen molar-refractivity contribution in [2.45, 2.75) is 57.3 Å². The van der Waals surface area contributed by atoms with Gasteiger partial charge in [-0.2, -0.15) is 0 Å². The average Bonchev–Trinajstić information content (AvgIpc) is 2.82. The first-order chi connectivity index (χ1) is 15.2. The van der Waals surface area contributed by atoms with E-state index in [2.05, 4.69) is 43.5 Å². The van der Waals surface area contributed by atoms with Crippen LogP contribution in [0.4, 0.5) is 4.39 Å². The molecule has 4 rings (SSSR count). The lowest BCUT2D eigenvalue weighted by atomic mass is 9.77. The third kappa shape index (κ3) is 4.98. The van der Waals surface area contributed by atoms with Crippen molar-refractivity contribution >= 4 is 10.8 Å². The van der Waals surface area contributed by atoms with E-state index in [9.17, 15) is 4.39 Å². The van der Waals surface area contributed by atoms with Gasteiger partial charge in [0.2, 0.25) is 0 Å². The zero-order valence-electron chi connectivity index (χ0n) is 18.5. The molecule has 0 radical (unpaired) electrons. The third-order valence-corrected chi connectivity index (χ3v) is 6.99. The number of aryl methyl sites for hydroxylation is 1. The van der Waals surface area contributed by atoms with Gasteiger partial charge in [-0.25, -0.2) is 4.39 Å². The number of hydrogen-bond acceptors (Lipinski definition) is 0. The van der Waals surface area contributed by atoms with Crippen molar-refractivity contribution in [3.8, 4) is 11.1 Å². The molecular formula is C30H33F. The quantitative estimate of drug-likeness (QED) is 0.324. The monoisotopic (exact) mass is 412 g/mol. The number of rotatable bonds is 8. The summed E-state index contributed by atoms with van der Waals surface area (Å²) in [6.07, 6.45) is 13.1. The highest BCUT2D eigenvalue weighted by molar-refractivity contribution is 5.88. The Morgan fingerprint density at radius 1 is 0.806 bits per heavy atom. The molecule has 0 unspecified atom stereocenters. The fourth-order valence-electron chi connectivity index (χ4n) is 5.05. The summed E-state index contributed by atoms with van der Waals surface area (Å²) in [5.41, 5.74) is 4.57. The maximum Gasteiger partial charge on any atom is 0.134 e. The largest absolute Gasteiger partial charge is 0.206 e. The van der Waals surface area contributed by atoms with Crippen LogP contribution in [-0.4, -0.2) is 0 Å². The van der Waals surface area contributed by atoms with Crippen molar-refractivity contribution in [3.05, 3.63) is 96.9 Å². The Bertz CT molecular complexity index is 1040. The summed E-state index contributed by atoms with van der Waals surface area (Å²) in [6.45, 7) is 7.59. The molecule has 0 spiro atoms. The minimum Gasteiger partial charge on any atom is -0.206 e. The summed E-state index contributed by atoms with van der Waals surface area (Å²) in [4.78, 5) is 0. The van der Waals surface area contributed by atoms with Crippen molar-refractivity contribution in [1.82, 2.24) is 0 Å². The first-order valence-corrected chi connectivity index (χ1v) is 11.7. The molecule has 1 heteroatoms. The van der Waals surface area contributed by atoms with Crippen molar-refractivity contribution in [2.24, 2.45) is 5.92 Å². The molecule has 31 heavy (non-hydrogen) atoms. The molecular weight excluding hydrogens is 379 g/mol. The van der Waals surface area contributed by atoms with Crippen LogP contribution >= 0.6 is 0 Å². The molecule has 0 atom stereocenters. The van der Waals surface area contributed by atoms with E-state index < -0.39 is 0 Å². The van der Waals surface area contributed by atoms with Gasteiger partial charge in [-0.05, 0) is 96.9 Å². The zero-order valence-corrected chi connectivity index (χ0v) is 18.5. The summed E-state index contributed by atoms with van der Waals surface area (Å²) in [5.74, 6) is 1.47. The Kier molecular flexibility index (Phi) is 7.02. The first kappa shape index (κ1) is 21.6. The van der Waals surface area contributed by atoms with Gasteiger partial charge in [0, 0.05) is 5.39 Å². The number of allylic oxidation sites excluding steroid dienone is 2. The van der Waals surface area contributed by atoms with Crippen LogP contribution in [0, 0.1) is 11.7 Å². The van der Waals surface area contributed by atoms with Crippen LogP contribution in [0.2, 0.25) is 0 Å². The number of hydrogen-bond donors (Lipinski definition) is 0. The normalized spacial score (nSPS) is 18.7. The van der Waals surface area contributed by atoms with E-state index in [-0.39, 0.29) is 5.82 Å². The van der Waals surface area contributed by atoms with Crippen LogP contribution in [0.25, 0.3) is 21.9 Å². The Morgan fingerprint density at radius 3 is 2.23 bits per heavy atom. The van der Waals surface area contributed by atoms with E-state index >= 15 is 0 Å². The molecule has 0 aromatic heterocycles. The predicted molar refractivity (Wildman–Crippen MR) is 132 cm³/mol. The SMILES string of the molecule is C=CCCc1ccc2cc(-c3ccc(C4CCC(CCC=C)CC4)cc3)ccc2c1F. The van der Waals surface area contributed by atoms with Gasteiger partial charge in [0.25, 0.3) is 0 Å². The smallest absolute Gasteiger partial charge is 0.134 e. The second-order valence-corrected chi connectivity index (χ2v) is 9.01. The number of halogens is 1. The van der Waals surface area contributed by atoms with Gasteiger partial charge in [-0.15, -0.1) is 13.2 Å². The minimum absolute atomic E-state index is 0.0926.